The molecule has 0 aromatic rings. The van der Waals surface area contributed by atoms with Crippen LogP contribution in [0.5, 0.6) is 0 Å². The molecule has 1 atom stereocenters. The maximum absolute atomic E-state index is 6.01. The molecule has 60 valence electrons. The summed E-state index contributed by atoms with van der Waals surface area (Å²) in [7, 11) is 2.17. The smallest absolute Gasteiger partial charge is 0.0138 e. The standard InChI is InChI=1S/C8H18N2/c1-8(9)4-3-6-10(2)7-5-8/h3-7,9H2,1-2H3/t8-/m1/s1. The Morgan fingerprint density at radius 2 is 2.00 bits per heavy atom. The minimum absolute atomic E-state index is 0.102. The molecule has 0 radical (unpaired) electrons. The van der Waals surface area contributed by atoms with E-state index < -0.39 is 0 Å². The van der Waals surface area contributed by atoms with Crippen molar-refractivity contribution in [2.24, 2.45) is 5.73 Å². The van der Waals surface area contributed by atoms with E-state index in [1.54, 1.807) is 0 Å². The van der Waals surface area contributed by atoms with E-state index in [-0.39, 0.29) is 5.54 Å². The predicted molar refractivity (Wildman–Crippen MR) is 43.9 cm³/mol. The Morgan fingerprint density at radius 3 is 2.70 bits per heavy atom. The van der Waals surface area contributed by atoms with Crippen LogP contribution in [0.2, 0.25) is 0 Å². The molecular formula is C8H18N2. The van der Waals surface area contributed by atoms with Crippen LogP contribution in [0, 0.1) is 0 Å². The van der Waals surface area contributed by atoms with Crippen molar-refractivity contribution in [2.45, 2.75) is 31.7 Å². The monoisotopic (exact) mass is 142 g/mol. The minimum Gasteiger partial charge on any atom is -0.325 e. The van der Waals surface area contributed by atoms with Gasteiger partial charge in [-0.1, -0.05) is 0 Å². The third-order valence-corrected chi connectivity index (χ3v) is 2.35. The summed E-state index contributed by atoms with van der Waals surface area (Å²) in [5, 5.41) is 0. The van der Waals surface area contributed by atoms with Crippen molar-refractivity contribution in [3.05, 3.63) is 0 Å². The van der Waals surface area contributed by atoms with Crippen molar-refractivity contribution in [1.82, 2.24) is 4.90 Å². The first-order valence-corrected chi connectivity index (χ1v) is 4.08. The zero-order chi connectivity index (χ0) is 7.61. The fraction of sp³-hybridized carbons (Fsp3) is 1.00. The number of nitrogens with zero attached hydrogens (tertiary/aromatic N) is 1. The third kappa shape index (κ3) is 2.27. The van der Waals surface area contributed by atoms with Gasteiger partial charge in [0.2, 0.25) is 0 Å². The molecule has 0 bridgehead atoms. The number of nitrogens with two attached hydrogens (primary N) is 1. The van der Waals surface area contributed by atoms with Crippen molar-refractivity contribution >= 4 is 0 Å². The van der Waals surface area contributed by atoms with Gasteiger partial charge in [0.05, 0.1) is 0 Å². The molecule has 0 aromatic heterocycles. The number of likely N-dealkylation sites (tertiary alicyclic amines) is 1. The van der Waals surface area contributed by atoms with Crippen LogP contribution >= 0.6 is 0 Å². The first-order valence-electron chi connectivity index (χ1n) is 4.08. The van der Waals surface area contributed by atoms with E-state index in [0.29, 0.717) is 0 Å². The topological polar surface area (TPSA) is 29.3 Å². The summed E-state index contributed by atoms with van der Waals surface area (Å²) in [4.78, 5) is 2.36. The van der Waals surface area contributed by atoms with Gasteiger partial charge in [-0.05, 0) is 46.3 Å². The van der Waals surface area contributed by atoms with Crippen molar-refractivity contribution in [3.8, 4) is 0 Å². The lowest BCUT2D eigenvalue weighted by Gasteiger charge is -2.21. The molecule has 2 nitrogen and oxygen atoms in total. The lowest BCUT2D eigenvalue weighted by atomic mass is 9.95. The molecule has 0 aliphatic carbocycles. The predicted octanol–water partition coefficient (Wildman–Crippen LogP) is 0.819. The second-order valence-electron chi connectivity index (χ2n) is 3.81. The number of hydrogen-bond acceptors (Lipinski definition) is 2. The lowest BCUT2D eigenvalue weighted by molar-refractivity contribution is 0.335. The zero-order valence-corrected chi connectivity index (χ0v) is 7.06. The van der Waals surface area contributed by atoms with E-state index in [1.165, 1.54) is 19.4 Å². The third-order valence-electron chi connectivity index (χ3n) is 2.35. The molecule has 0 unspecified atom stereocenters. The Kier molecular flexibility index (Phi) is 2.32. The SMILES string of the molecule is CN1CCC[C@@](C)(N)CC1. The van der Waals surface area contributed by atoms with Crippen LogP contribution in [-0.4, -0.2) is 30.6 Å². The molecule has 1 fully saturated rings. The minimum atomic E-state index is 0.102. The Balaban J connectivity index is 2.41. The summed E-state index contributed by atoms with van der Waals surface area (Å²) in [6.45, 7) is 4.53. The van der Waals surface area contributed by atoms with Gasteiger partial charge in [-0.3, -0.25) is 0 Å². The Hall–Kier alpha value is -0.0800. The van der Waals surface area contributed by atoms with Crippen molar-refractivity contribution < 1.29 is 0 Å². The van der Waals surface area contributed by atoms with Gasteiger partial charge < -0.3 is 10.6 Å². The summed E-state index contributed by atoms with van der Waals surface area (Å²) < 4.78 is 0. The Bertz CT molecular complexity index is 110. The van der Waals surface area contributed by atoms with E-state index in [2.05, 4.69) is 18.9 Å². The van der Waals surface area contributed by atoms with Gasteiger partial charge in [0.1, 0.15) is 0 Å². The molecule has 0 saturated carbocycles. The van der Waals surface area contributed by atoms with Crippen LogP contribution in [0.4, 0.5) is 0 Å². The van der Waals surface area contributed by atoms with Crippen LogP contribution in [0.1, 0.15) is 26.2 Å². The van der Waals surface area contributed by atoms with Gasteiger partial charge in [-0.15, -0.1) is 0 Å². The molecule has 0 amide bonds. The summed E-state index contributed by atoms with van der Waals surface area (Å²) in [5.41, 5.74) is 6.12. The maximum atomic E-state index is 6.01. The van der Waals surface area contributed by atoms with E-state index in [9.17, 15) is 0 Å². The van der Waals surface area contributed by atoms with Gasteiger partial charge in [0.15, 0.2) is 0 Å². The summed E-state index contributed by atoms with van der Waals surface area (Å²) in [6.07, 6.45) is 3.57. The Labute approximate surface area is 63.4 Å². The summed E-state index contributed by atoms with van der Waals surface area (Å²) in [6, 6.07) is 0. The van der Waals surface area contributed by atoms with Crippen molar-refractivity contribution in [3.63, 3.8) is 0 Å². The van der Waals surface area contributed by atoms with Gasteiger partial charge in [0.25, 0.3) is 0 Å². The summed E-state index contributed by atoms with van der Waals surface area (Å²) >= 11 is 0. The highest BCUT2D eigenvalue weighted by atomic mass is 15.1. The van der Waals surface area contributed by atoms with Crippen LogP contribution in [0.15, 0.2) is 0 Å². The van der Waals surface area contributed by atoms with E-state index in [1.807, 2.05) is 0 Å². The lowest BCUT2D eigenvalue weighted by Crippen LogP contribution is -2.36. The maximum Gasteiger partial charge on any atom is 0.0138 e. The van der Waals surface area contributed by atoms with Gasteiger partial charge in [-0.2, -0.15) is 0 Å². The van der Waals surface area contributed by atoms with Crippen LogP contribution in [0.25, 0.3) is 0 Å². The second-order valence-corrected chi connectivity index (χ2v) is 3.81. The van der Waals surface area contributed by atoms with Crippen molar-refractivity contribution in [1.29, 1.82) is 0 Å². The molecule has 1 heterocycles. The largest absolute Gasteiger partial charge is 0.325 e. The van der Waals surface area contributed by atoms with Gasteiger partial charge in [0, 0.05) is 5.54 Å². The molecule has 1 aliphatic heterocycles. The number of rotatable bonds is 0. The average molecular weight is 142 g/mol. The first-order chi connectivity index (χ1) is 4.60. The fourth-order valence-electron chi connectivity index (χ4n) is 1.44. The second kappa shape index (κ2) is 2.89. The molecule has 2 heteroatoms. The molecule has 0 spiro atoms. The summed E-state index contributed by atoms with van der Waals surface area (Å²) in [5.74, 6) is 0. The van der Waals surface area contributed by atoms with Crippen LogP contribution < -0.4 is 5.73 Å². The number of hydrogen-bond donors (Lipinski definition) is 1. The van der Waals surface area contributed by atoms with E-state index in [0.717, 1.165) is 13.0 Å². The quantitative estimate of drug-likeness (QED) is 0.542. The molecular weight excluding hydrogens is 124 g/mol. The highest BCUT2D eigenvalue weighted by Crippen LogP contribution is 2.17. The fourth-order valence-corrected chi connectivity index (χ4v) is 1.44. The normalized spacial score (nSPS) is 37.5. The Morgan fingerprint density at radius 1 is 1.30 bits per heavy atom. The highest BCUT2D eigenvalue weighted by molar-refractivity contribution is 4.82. The highest BCUT2D eigenvalue weighted by Gasteiger charge is 2.21. The molecule has 1 aliphatic rings. The average Bonchev–Trinajstić information content (AvgIpc) is 1.94. The van der Waals surface area contributed by atoms with E-state index in [4.69, 9.17) is 5.73 Å². The molecule has 1 saturated heterocycles. The molecule has 0 aromatic carbocycles. The van der Waals surface area contributed by atoms with Crippen molar-refractivity contribution in [2.75, 3.05) is 20.1 Å². The van der Waals surface area contributed by atoms with E-state index >= 15 is 0 Å². The first kappa shape index (κ1) is 8.02. The molecule has 10 heavy (non-hydrogen) atoms. The van der Waals surface area contributed by atoms with Crippen LogP contribution in [0.3, 0.4) is 0 Å². The molecule has 1 rings (SSSR count). The van der Waals surface area contributed by atoms with Crippen LogP contribution in [-0.2, 0) is 0 Å². The van der Waals surface area contributed by atoms with Gasteiger partial charge in [-0.25, -0.2) is 0 Å². The van der Waals surface area contributed by atoms with Gasteiger partial charge >= 0.3 is 0 Å². The molecule has 2 N–H and O–H groups in total. The zero-order valence-electron chi connectivity index (χ0n) is 7.06.